The summed E-state index contributed by atoms with van der Waals surface area (Å²) < 4.78 is 5.20. The lowest BCUT2D eigenvalue weighted by Crippen LogP contribution is -2.56. The van der Waals surface area contributed by atoms with Crippen molar-refractivity contribution < 1.29 is 24.2 Å². The zero-order chi connectivity index (χ0) is 14.5. The van der Waals surface area contributed by atoms with E-state index < -0.39 is 23.8 Å². The molecule has 7 nitrogen and oxygen atoms in total. The van der Waals surface area contributed by atoms with Gasteiger partial charge in [-0.1, -0.05) is 12.1 Å². The van der Waals surface area contributed by atoms with Crippen molar-refractivity contribution in [3.8, 4) is 5.75 Å². The van der Waals surface area contributed by atoms with E-state index in [1.54, 1.807) is 24.3 Å². The van der Waals surface area contributed by atoms with E-state index in [2.05, 4.69) is 10.6 Å². The second kappa shape index (κ2) is 6.16. The van der Waals surface area contributed by atoms with E-state index in [0.29, 0.717) is 5.75 Å². The molecule has 0 atom stereocenters. The van der Waals surface area contributed by atoms with Crippen molar-refractivity contribution in [1.29, 1.82) is 0 Å². The molecule has 0 aromatic heterocycles. The molecule has 2 rings (SSSR count). The Balaban J connectivity index is 2.00. The van der Waals surface area contributed by atoms with Crippen molar-refractivity contribution in [2.75, 3.05) is 13.2 Å². The number of hydrogen-bond donors (Lipinski definition) is 3. The van der Waals surface area contributed by atoms with Crippen molar-refractivity contribution in [3.05, 3.63) is 29.8 Å². The number of aliphatic hydroxyl groups excluding tert-OH is 1. The number of urea groups is 1. The van der Waals surface area contributed by atoms with E-state index in [1.807, 2.05) is 0 Å². The van der Waals surface area contributed by atoms with Gasteiger partial charge in [0.05, 0.1) is 6.61 Å². The monoisotopic (exact) mass is 278 g/mol. The third-order valence-corrected chi connectivity index (χ3v) is 2.83. The van der Waals surface area contributed by atoms with Crippen LogP contribution in [0.15, 0.2) is 24.3 Å². The van der Waals surface area contributed by atoms with Gasteiger partial charge in [0.2, 0.25) is 11.8 Å². The van der Waals surface area contributed by atoms with Crippen LogP contribution in [0, 0.1) is 5.92 Å². The predicted octanol–water partition coefficient (Wildman–Crippen LogP) is -0.418. The molecule has 1 heterocycles. The SMILES string of the molecule is O=C1NC(=O)C(Cc2ccc(OCCO)cc2)C(=O)N1. The molecule has 0 unspecified atom stereocenters. The van der Waals surface area contributed by atoms with Gasteiger partial charge in [-0.25, -0.2) is 4.79 Å². The Morgan fingerprint density at radius 2 is 1.65 bits per heavy atom. The summed E-state index contributed by atoms with van der Waals surface area (Å²) in [5.74, 6) is -1.52. The molecule has 1 aliphatic heterocycles. The number of amides is 4. The number of imide groups is 2. The fourth-order valence-electron chi connectivity index (χ4n) is 1.85. The third-order valence-electron chi connectivity index (χ3n) is 2.83. The van der Waals surface area contributed by atoms with E-state index in [4.69, 9.17) is 9.84 Å². The van der Waals surface area contributed by atoms with E-state index in [1.165, 1.54) is 0 Å². The van der Waals surface area contributed by atoms with Crippen LogP contribution < -0.4 is 15.4 Å². The summed E-state index contributed by atoms with van der Waals surface area (Å²) in [6.45, 7) is 0.132. The molecule has 0 saturated carbocycles. The number of nitrogens with one attached hydrogen (secondary N) is 2. The van der Waals surface area contributed by atoms with Gasteiger partial charge in [0.15, 0.2) is 0 Å². The second-order valence-electron chi connectivity index (χ2n) is 4.28. The molecule has 0 bridgehead atoms. The number of benzene rings is 1. The zero-order valence-electron chi connectivity index (χ0n) is 10.6. The normalized spacial score (nSPS) is 15.8. The maximum Gasteiger partial charge on any atom is 0.328 e. The Morgan fingerprint density at radius 3 is 2.20 bits per heavy atom. The average molecular weight is 278 g/mol. The zero-order valence-corrected chi connectivity index (χ0v) is 10.6. The van der Waals surface area contributed by atoms with E-state index in [9.17, 15) is 14.4 Å². The molecular formula is C13H14N2O5. The number of rotatable bonds is 5. The minimum Gasteiger partial charge on any atom is -0.491 e. The molecule has 1 saturated heterocycles. The fraction of sp³-hybridized carbons (Fsp3) is 0.308. The summed E-state index contributed by atoms with van der Waals surface area (Å²) in [5.41, 5.74) is 0.769. The van der Waals surface area contributed by atoms with Gasteiger partial charge in [-0.2, -0.15) is 0 Å². The van der Waals surface area contributed by atoms with Crippen molar-refractivity contribution >= 4 is 17.8 Å². The molecule has 0 aliphatic carbocycles. The fourth-order valence-corrected chi connectivity index (χ4v) is 1.85. The molecule has 4 amide bonds. The third kappa shape index (κ3) is 3.33. The Labute approximate surface area is 114 Å². The van der Waals surface area contributed by atoms with Crippen LogP contribution in [0.2, 0.25) is 0 Å². The van der Waals surface area contributed by atoms with Crippen molar-refractivity contribution in [2.45, 2.75) is 6.42 Å². The van der Waals surface area contributed by atoms with E-state index in [0.717, 1.165) is 5.56 Å². The molecular weight excluding hydrogens is 264 g/mol. The summed E-state index contributed by atoms with van der Waals surface area (Å²) in [6, 6.07) is 6.04. The smallest absolute Gasteiger partial charge is 0.328 e. The van der Waals surface area contributed by atoms with E-state index >= 15 is 0 Å². The molecule has 3 N–H and O–H groups in total. The molecule has 0 radical (unpaired) electrons. The Morgan fingerprint density at radius 1 is 1.05 bits per heavy atom. The molecule has 20 heavy (non-hydrogen) atoms. The summed E-state index contributed by atoms with van der Waals surface area (Å²) in [5, 5.41) is 12.8. The first-order valence-corrected chi connectivity index (χ1v) is 6.08. The van der Waals surface area contributed by atoms with Crippen molar-refractivity contribution in [3.63, 3.8) is 0 Å². The highest BCUT2D eigenvalue weighted by atomic mass is 16.5. The summed E-state index contributed by atoms with van der Waals surface area (Å²) in [6.07, 6.45) is 0.200. The van der Waals surface area contributed by atoms with E-state index in [-0.39, 0.29) is 19.6 Å². The summed E-state index contributed by atoms with van der Waals surface area (Å²) >= 11 is 0. The van der Waals surface area contributed by atoms with Crippen molar-refractivity contribution in [1.82, 2.24) is 10.6 Å². The quantitative estimate of drug-likeness (QED) is 0.635. The summed E-state index contributed by atoms with van der Waals surface area (Å²) in [4.78, 5) is 34.1. The van der Waals surface area contributed by atoms with Gasteiger partial charge in [-0.05, 0) is 24.1 Å². The number of hydrogen-bond acceptors (Lipinski definition) is 5. The van der Waals surface area contributed by atoms with Crippen LogP contribution in [0.4, 0.5) is 4.79 Å². The van der Waals surface area contributed by atoms with Gasteiger partial charge < -0.3 is 9.84 Å². The van der Waals surface area contributed by atoms with Crippen molar-refractivity contribution in [2.24, 2.45) is 5.92 Å². The van der Waals surface area contributed by atoms with Crippen LogP contribution in [0.5, 0.6) is 5.75 Å². The Kier molecular flexibility index (Phi) is 4.31. The molecule has 1 aliphatic rings. The predicted molar refractivity (Wildman–Crippen MR) is 67.9 cm³/mol. The molecule has 1 aromatic rings. The topological polar surface area (TPSA) is 105 Å². The largest absolute Gasteiger partial charge is 0.491 e. The van der Waals surface area contributed by atoms with Crippen LogP contribution in [0.3, 0.4) is 0 Å². The Hall–Kier alpha value is -2.41. The summed E-state index contributed by atoms with van der Waals surface area (Å²) in [7, 11) is 0. The van der Waals surface area contributed by atoms with Gasteiger partial charge >= 0.3 is 6.03 Å². The average Bonchev–Trinajstić information content (AvgIpc) is 2.42. The first-order valence-electron chi connectivity index (χ1n) is 6.08. The second-order valence-corrected chi connectivity index (χ2v) is 4.28. The van der Waals surface area contributed by atoms with Crippen LogP contribution in [0.25, 0.3) is 0 Å². The first kappa shape index (κ1) is 14.0. The maximum absolute atomic E-state index is 11.6. The van der Waals surface area contributed by atoms with Gasteiger partial charge in [0, 0.05) is 0 Å². The maximum atomic E-state index is 11.6. The highest BCUT2D eigenvalue weighted by Gasteiger charge is 2.33. The number of carbonyl (C=O) groups excluding carboxylic acids is 3. The minimum atomic E-state index is -0.920. The lowest BCUT2D eigenvalue weighted by molar-refractivity contribution is -0.135. The van der Waals surface area contributed by atoms with Crippen LogP contribution in [-0.2, 0) is 16.0 Å². The van der Waals surface area contributed by atoms with Crippen LogP contribution >= 0.6 is 0 Å². The first-order chi connectivity index (χ1) is 9.60. The number of aliphatic hydroxyl groups is 1. The lowest BCUT2D eigenvalue weighted by atomic mass is 9.96. The standard InChI is InChI=1S/C13H14N2O5/c16-5-6-20-9-3-1-8(2-4-9)7-10-11(17)14-13(19)15-12(10)18/h1-4,10,16H,5-7H2,(H2,14,15,17,18,19). The molecule has 1 aromatic carbocycles. The Bertz CT molecular complexity index is 506. The van der Waals surface area contributed by atoms with Crippen LogP contribution in [0.1, 0.15) is 5.56 Å². The van der Waals surface area contributed by atoms with Gasteiger partial charge in [-0.15, -0.1) is 0 Å². The highest BCUT2D eigenvalue weighted by Crippen LogP contribution is 2.16. The van der Waals surface area contributed by atoms with Gasteiger partial charge in [0.25, 0.3) is 0 Å². The molecule has 0 spiro atoms. The minimum absolute atomic E-state index is 0.0712. The van der Waals surface area contributed by atoms with Crippen LogP contribution in [-0.4, -0.2) is 36.2 Å². The lowest BCUT2D eigenvalue weighted by Gasteiger charge is -2.20. The highest BCUT2D eigenvalue weighted by molar-refractivity contribution is 6.16. The number of ether oxygens (including phenoxy) is 1. The molecule has 1 fully saturated rings. The van der Waals surface area contributed by atoms with Gasteiger partial charge in [-0.3, -0.25) is 20.2 Å². The number of barbiturate groups is 1. The number of carbonyl (C=O) groups is 3. The van der Waals surface area contributed by atoms with Gasteiger partial charge in [0.1, 0.15) is 18.3 Å². The molecule has 106 valence electrons. The molecule has 7 heteroatoms.